The summed E-state index contributed by atoms with van der Waals surface area (Å²) in [4.78, 5) is 6.54. The number of ether oxygens (including phenoxy) is 2. The molecule has 1 atom stereocenters. The van der Waals surface area contributed by atoms with E-state index < -0.39 is 0 Å². The van der Waals surface area contributed by atoms with Gasteiger partial charge in [-0.05, 0) is 17.7 Å². The second-order valence-electron chi connectivity index (χ2n) is 5.97. The highest BCUT2D eigenvalue weighted by molar-refractivity contribution is 5.06. The van der Waals surface area contributed by atoms with Gasteiger partial charge in [-0.15, -0.1) is 0 Å². The predicted octanol–water partition coefficient (Wildman–Crippen LogP) is 1.57. The van der Waals surface area contributed by atoms with E-state index in [2.05, 4.69) is 25.7 Å². The first-order valence-electron chi connectivity index (χ1n) is 8.04. The number of aromatic nitrogens is 3. The summed E-state index contributed by atoms with van der Waals surface area (Å²) in [6.45, 7) is 5.82. The SMILES string of the molecule is COCCN1Cc2ccnn2CC(COCc2cccnc2)C1. The van der Waals surface area contributed by atoms with Crippen LogP contribution in [0.4, 0.5) is 0 Å². The molecule has 1 aliphatic rings. The number of hydrogen-bond donors (Lipinski definition) is 0. The van der Waals surface area contributed by atoms with Crippen LogP contribution in [0, 0.1) is 5.92 Å². The standard InChI is InChI=1S/C17H24N4O2/c1-22-8-7-20-10-16(11-21-17(12-20)4-6-19-21)14-23-13-15-3-2-5-18-9-15/h2-6,9,16H,7-8,10-14H2,1H3. The van der Waals surface area contributed by atoms with Gasteiger partial charge in [-0.1, -0.05) is 6.07 Å². The molecule has 0 aromatic carbocycles. The number of methoxy groups -OCH3 is 1. The van der Waals surface area contributed by atoms with E-state index in [1.165, 1.54) is 5.69 Å². The molecule has 2 aromatic rings. The molecular formula is C17H24N4O2. The second-order valence-corrected chi connectivity index (χ2v) is 5.97. The van der Waals surface area contributed by atoms with Gasteiger partial charge in [0.2, 0.25) is 0 Å². The smallest absolute Gasteiger partial charge is 0.0731 e. The van der Waals surface area contributed by atoms with Crippen LogP contribution in [0.3, 0.4) is 0 Å². The Bertz CT molecular complexity index is 587. The van der Waals surface area contributed by atoms with E-state index in [1.807, 2.05) is 24.5 Å². The molecule has 3 rings (SSSR count). The predicted molar refractivity (Wildman–Crippen MR) is 86.8 cm³/mol. The Morgan fingerprint density at radius 2 is 2.22 bits per heavy atom. The van der Waals surface area contributed by atoms with Gasteiger partial charge in [-0.3, -0.25) is 14.6 Å². The Morgan fingerprint density at radius 1 is 1.26 bits per heavy atom. The van der Waals surface area contributed by atoms with Crippen molar-refractivity contribution in [3.8, 4) is 0 Å². The average Bonchev–Trinajstić information content (AvgIpc) is 2.93. The summed E-state index contributed by atoms with van der Waals surface area (Å²) < 4.78 is 13.2. The third-order valence-corrected chi connectivity index (χ3v) is 4.09. The lowest BCUT2D eigenvalue weighted by Crippen LogP contribution is -2.32. The van der Waals surface area contributed by atoms with Crippen molar-refractivity contribution < 1.29 is 9.47 Å². The minimum absolute atomic E-state index is 0.421. The summed E-state index contributed by atoms with van der Waals surface area (Å²) in [6, 6.07) is 6.07. The zero-order valence-corrected chi connectivity index (χ0v) is 13.6. The van der Waals surface area contributed by atoms with Crippen LogP contribution in [0.15, 0.2) is 36.8 Å². The molecule has 3 heterocycles. The number of rotatable bonds is 7. The van der Waals surface area contributed by atoms with Gasteiger partial charge in [0.1, 0.15) is 0 Å². The monoisotopic (exact) mass is 316 g/mol. The number of fused-ring (bicyclic) bond motifs is 1. The van der Waals surface area contributed by atoms with Crippen molar-refractivity contribution in [2.75, 3.05) is 33.4 Å². The van der Waals surface area contributed by atoms with Crippen LogP contribution < -0.4 is 0 Å². The molecule has 1 aliphatic heterocycles. The maximum atomic E-state index is 5.92. The van der Waals surface area contributed by atoms with Gasteiger partial charge < -0.3 is 9.47 Å². The zero-order chi connectivity index (χ0) is 15.9. The first-order valence-corrected chi connectivity index (χ1v) is 8.04. The van der Waals surface area contributed by atoms with E-state index in [-0.39, 0.29) is 0 Å². The largest absolute Gasteiger partial charge is 0.383 e. The van der Waals surface area contributed by atoms with Crippen LogP contribution in [0.2, 0.25) is 0 Å². The molecule has 0 aliphatic carbocycles. The van der Waals surface area contributed by atoms with Gasteiger partial charge in [0.15, 0.2) is 0 Å². The first-order chi connectivity index (χ1) is 11.3. The molecule has 0 radical (unpaired) electrons. The molecule has 1 unspecified atom stereocenters. The van der Waals surface area contributed by atoms with Gasteiger partial charge in [-0.25, -0.2) is 0 Å². The van der Waals surface area contributed by atoms with Crippen LogP contribution in [0.5, 0.6) is 0 Å². The molecular weight excluding hydrogens is 292 g/mol. The van der Waals surface area contributed by atoms with Gasteiger partial charge in [0, 0.05) is 57.8 Å². The summed E-state index contributed by atoms with van der Waals surface area (Å²) in [6.07, 6.45) is 5.51. The van der Waals surface area contributed by atoms with Crippen LogP contribution in [0.25, 0.3) is 0 Å². The van der Waals surface area contributed by atoms with E-state index in [4.69, 9.17) is 9.47 Å². The maximum absolute atomic E-state index is 5.92. The van der Waals surface area contributed by atoms with Crippen LogP contribution >= 0.6 is 0 Å². The molecule has 0 N–H and O–H groups in total. The second kappa shape index (κ2) is 8.19. The Morgan fingerprint density at radius 3 is 3.04 bits per heavy atom. The van der Waals surface area contributed by atoms with E-state index in [0.29, 0.717) is 12.5 Å². The maximum Gasteiger partial charge on any atom is 0.0731 e. The highest BCUT2D eigenvalue weighted by Gasteiger charge is 2.22. The lowest BCUT2D eigenvalue weighted by Gasteiger charge is -2.23. The average molecular weight is 316 g/mol. The summed E-state index contributed by atoms with van der Waals surface area (Å²) in [7, 11) is 1.75. The summed E-state index contributed by atoms with van der Waals surface area (Å²) >= 11 is 0. The van der Waals surface area contributed by atoms with Crippen molar-refractivity contribution in [2.45, 2.75) is 19.7 Å². The molecule has 0 spiro atoms. The van der Waals surface area contributed by atoms with Crippen LogP contribution in [-0.2, 0) is 29.2 Å². The zero-order valence-electron chi connectivity index (χ0n) is 13.6. The molecule has 2 aromatic heterocycles. The molecule has 0 fully saturated rings. The molecule has 0 saturated carbocycles. The Balaban J connectivity index is 1.57. The van der Waals surface area contributed by atoms with Crippen molar-refractivity contribution >= 4 is 0 Å². The van der Waals surface area contributed by atoms with Crippen molar-refractivity contribution in [2.24, 2.45) is 5.92 Å². The fourth-order valence-electron chi connectivity index (χ4n) is 2.94. The topological polar surface area (TPSA) is 52.4 Å². The van der Waals surface area contributed by atoms with Gasteiger partial charge in [0.25, 0.3) is 0 Å². The third-order valence-electron chi connectivity index (χ3n) is 4.09. The number of nitrogens with zero attached hydrogens (tertiary/aromatic N) is 4. The molecule has 23 heavy (non-hydrogen) atoms. The summed E-state index contributed by atoms with van der Waals surface area (Å²) in [5, 5.41) is 4.44. The fourth-order valence-corrected chi connectivity index (χ4v) is 2.94. The lowest BCUT2D eigenvalue weighted by molar-refractivity contribution is 0.0610. The molecule has 0 bridgehead atoms. The van der Waals surface area contributed by atoms with Crippen LogP contribution in [0.1, 0.15) is 11.3 Å². The molecule has 6 heteroatoms. The highest BCUT2D eigenvalue weighted by atomic mass is 16.5. The van der Waals surface area contributed by atoms with Gasteiger partial charge in [-0.2, -0.15) is 5.10 Å². The molecule has 6 nitrogen and oxygen atoms in total. The van der Waals surface area contributed by atoms with E-state index >= 15 is 0 Å². The van der Waals surface area contributed by atoms with Gasteiger partial charge >= 0.3 is 0 Å². The number of pyridine rings is 1. The quantitative estimate of drug-likeness (QED) is 0.776. The Hall–Kier alpha value is -1.76. The van der Waals surface area contributed by atoms with Gasteiger partial charge in [0.05, 0.1) is 25.5 Å². The van der Waals surface area contributed by atoms with Crippen LogP contribution in [-0.4, -0.2) is 53.1 Å². The summed E-state index contributed by atoms with van der Waals surface area (Å²) in [5.74, 6) is 0.421. The van der Waals surface area contributed by atoms with Crippen molar-refractivity contribution in [1.29, 1.82) is 0 Å². The lowest BCUT2D eigenvalue weighted by atomic mass is 10.1. The minimum Gasteiger partial charge on any atom is -0.383 e. The van der Waals surface area contributed by atoms with E-state index in [9.17, 15) is 0 Å². The molecule has 0 saturated heterocycles. The third kappa shape index (κ3) is 4.60. The van der Waals surface area contributed by atoms with Crippen molar-refractivity contribution in [1.82, 2.24) is 19.7 Å². The Labute approximate surface area is 137 Å². The summed E-state index contributed by atoms with van der Waals surface area (Å²) in [5.41, 5.74) is 2.37. The van der Waals surface area contributed by atoms with Crippen molar-refractivity contribution in [3.63, 3.8) is 0 Å². The molecule has 0 amide bonds. The first kappa shape index (κ1) is 16.1. The van der Waals surface area contributed by atoms with E-state index in [1.54, 1.807) is 13.3 Å². The normalized spacial score (nSPS) is 18.6. The minimum atomic E-state index is 0.421. The fraction of sp³-hybridized carbons (Fsp3) is 0.529. The Kier molecular flexibility index (Phi) is 5.74. The van der Waals surface area contributed by atoms with E-state index in [0.717, 1.165) is 45.0 Å². The molecule has 124 valence electrons. The number of hydrogen-bond acceptors (Lipinski definition) is 5. The highest BCUT2D eigenvalue weighted by Crippen LogP contribution is 2.16. The van der Waals surface area contributed by atoms with Crippen molar-refractivity contribution in [3.05, 3.63) is 48.0 Å².